The van der Waals surface area contributed by atoms with E-state index in [0.29, 0.717) is 12.2 Å². The van der Waals surface area contributed by atoms with E-state index in [1.54, 1.807) is 17.9 Å². The van der Waals surface area contributed by atoms with E-state index in [0.717, 1.165) is 12.8 Å². The van der Waals surface area contributed by atoms with Gasteiger partial charge >= 0.3 is 5.97 Å². The maximum atomic E-state index is 12.2. The molecule has 1 N–H and O–H groups in total. The van der Waals surface area contributed by atoms with Crippen LogP contribution in [0, 0.1) is 12.8 Å². The lowest BCUT2D eigenvalue weighted by atomic mass is 9.89. The molecule has 1 aromatic rings. The first kappa shape index (κ1) is 13.0. The van der Waals surface area contributed by atoms with Gasteiger partial charge in [0.25, 0.3) is 11.8 Å². The van der Waals surface area contributed by atoms with Crippen molar-refractivity contribution in [1.29, 1.82) is 0 Å². The Hall–Kier alpha value is -2.05. The van der Waals surface area contributed by atoms with Crippen molar-refractivity contribution in [1.82, 2.24) is 10.1 Å². The average molecular weight is 280 g/mol. The minimum absolute atomic E-state index is 0.0382. The molecule has 3 unspecified atom stereocenters. The third kappa shape index (κ3) is 2.13. The Labute approximate surface area is 115 Å². The maximum Gasteiger partial charge on any atom is 0.308 e. The fraction of sp³-hybridized carbons (Fsp3) is 0.615. The number of aryl methyl sites for hydroxylation is 1. The summed E-state index contributed by atoms with van der Waals surface area (Å²) in [5.74, 6) is -0.547. The Morgan fingerprint density at radius 2 is 2.35 bits per heavy atom. The first-order valence-corrected chi connectivity index (χ1v) is 6.66. The number of carbonyl (C=O) groups is 2. The molecule has 1 aromatic heterocycles. The Bertz CT molecular complexity index is 541. The number of carboxylic acids is 1. The molecule has 0 aliphatic carbocycles. The molecule has 3 atom stereocenters. The lowest BCUT2D eigenvalue weighted by Crippen LogP contribution is -2.40. The van der Waals surface area contributed by atoms with Crippen molar-refractivity contribution in [3.8, 4) is 5.88 Å². The van der Waals surface area contributed by atoms with E-state index in [2.05, 4.69) is 5.16 Å². The van der Waals surface area contributed by atoms with Gasteiger partial charge in [-0.15, -0.1) is 0 Å². The lowest BCUT2D eigenvalue weighted by molar-refractivity contribution is -0.143. The fourth-order valence-electron chi connectivity index (χ4n) is 3.26. The van der Waals surface area contributed by atoms with Crippen LogP contribution in [0.3, 0.4) is 0 Å². The molecule has 108 valence electrons. The molecule has 3 heterocycles. The van der Waals surface area contributed by atoms with E-state index in [1.807, 2.05) is 0 Å². The number of ether oxygens (including phenoxy) is 1. The maximum absolute atomic E-state index is 12.2. The minimum atomic E-state index is -0.817. The monoisotopic (exact) mass is 280 g/mol. The largest absolute Gasteiger partial charge is 0.481 e. The van der Waals surface area contributed by atoms with Crippen LogP contribution in [-0.2, 0) is 9.59 Å². The van der Waals surface area contributed by atoms with Crippen LogP contribution >= 0.6 is 0 Å². The first-order chi connectivity index (χ1) is 9.56. The number of nitrogens with zero attached hydrogens (tertiary/aromatic N) is 2. The number of hydrogen-bond acceptors (Lipinski definition) is 5. The third-order valence-corrected chi connectivity index (χ3v) is 4.09. The van der Waals surface area contributed by atoms with Gasteiger partial charge in [0.05, 0.1) is 5.92 Å². The number of aromatic nitrogens is 1. The minimum Gasteiger partial charge on any atom is -0.481 e. The molecule has 0 radical (unpaired) electrons. The predicted molar refractivity (Wildman–Crippen MR) is 66.1 cm³/mol. The lowest BCUT2D eigenvalue weighted by Gasteiger charge is -2.22. The van der Waals surface area contributed by atoms with Gasteiger partial charge in [0.2, 0.25) is 0 Å². The van der Waals surface area contributed by atoms with Gasteiger partial charge < -0.3 is 19.3 Å². The van der Waals surface area contributed by atoms with Crippen LogP contribution in [0.15, 0.2) is 10.6 Å². The molecular formula is C13H16N2O5. The van der Waals surface area contributed by atoms with Crippen molar-refractivity contribution >= 4 is 11.9 Å². The molecule has 0 aromatic carbocycles. The normalized spacial score (nSPS) is 27.9. The van der Waals surface area contributed by atoms with Gasteiger partial charge in [-0.3, -0.25) is 9.59 Å². The van der Waals surface area contributed by atoms with Crippen LogP contribution in [0.2, 0.25) is 0 Å². The van der Waals surface area contributed by atoms with E-state index in [4.69, 9.17) is 14.4 Å². The second-order valence-corrected chi connectivity index (χ2v) is 5.34. The van der Waals surface area contributed by atoms with Gasteiger partial charge in [0.15, 0.2) is 6.61 Å². The number of aliphatic carboxylic acids is 1. The summed E-state index contributed by atoms with van der Waals surface area (Å²) in [5.41, 5.74) is 0. The molecule has 7 heteroatoms. The zero-order valence-electron chi connectivity index (χ0n) is 11.1. The van der Waals surface area contributed by atoms with Crippen LogP contribution in [0.5, 0.6) is 5.88 Å². The van der Waals surface area contributed by atoms with E-state index < -0.39 is 11.9 Å². The predicted octanol–water partition coefficient (Wildman–Crippen LogP) is 0.826. The number of rotatable bonds is 4. The summed E-state index contributed by atoms with van der Waals surface area (Å²) in [4.78, 5) is 25.0. The Morgan fingerprint density at radius 1 is 1.55 bits per heavy atom. The zero-order chi connectivity index (χ0) is 14.3. The second kappa shape index (κ2) is 4.81. The molecule has 3 rings (SSSR count). The summed E-state index contributed by atoms with van der Waals surface area (Å²) in [7, 11) is 0. The molecule has 2 bridgehead atoms. The summed E-state index contributed by atoms with van der Waals surface area (Å²) in [6.07, 6.45) is 2.19. The van der Waals surface area contributed by atoms with E-state index in [1.165, 1.54) is 0 Å². The highest BCUT2D eigenvalue weighted by Gasteiger charge is 2.51. The van der Waals surface area contributed by atoms with Gasteiger partial charge in [-0.2, -0.15) is 0 Å². The molecule has 0 saturated carbocycles. The molecule has 2 aliphatic heterocycles. The molecular weight excluding hydrogens is 264 g/mol. The summed E-state index contributed by atoms with van der Waals surface area (Å²) < 4.78 is 10.1. The van der Waals surface area contributed by atoms with Crippen molar-refractivity contribution < 1.29 is 24.0 Å². The van der Waals surface area contributed by atoms with Crippen LogP contribution < -0.4 is 4.74 Å². The van der Waals surface area contributed by atoms with Crippen LogP contribution in [0.4, 0.5) is 0 Å². The number of amides is 1. The molecule has 20 heavy (non-hydrogen) atoms. The van der Waals surface area contributed by atoms with Gasteiger partial charge in [-0.25, -0.2) is 0 Å². The summed E-state index contributed by atoms with van der Waals surface area (Å²) in [6.45, 7) is 1.60. The highest BCUT2D eigenvalue weighted by Crippen LogP contribution is 2.41. The van der Waals surface area contributed by atoms with Crippen molar-refractivity contribution in [2.45, 2.75) is 38.3 Å². The summed E-state index contributed by atoms with van der Waals surface area (Å²) >= 11 is 0. The van der Waals surface area contributed by atoms with Crippen LogP contribution in [0.1, 0.15) is 25.0 Å². The number of carbonyl (C=O) groups excluding carboxylic acids is 1. The van der Waals surface area contributed by atoms with Gasteiger partial charge in [-0.1, -0.05) is 0 Å². The number of fused-ring (bicyclic) bond motifs is 2. The van der Waals surface area contributed by atoms with E-state index in [-0.39, 0.29) is 30.5 Å². The Kier molecular flexibility index (Phi) is 3.11. The molecule has 1 amide bonds. The van der Waals surface area contributed by atoms with Crippen LogP contribution in [-0.4, -0.2) is 45.7 Å². The van der Waals surface area contributed by atoms with Gasteiger partial charge in [-0.05, 0) is 31.3 Å². The SMILES string of the molecule is Cc1cc(OCC(=O)N2C3CCC2C(C(=O)O)C3)no1. The second-order valence-electron chi connectivity index (χ2n) is 5.34. The van der Waals surface area contributed by atoms with E-state index in [9.17, 15) is 9.59 Å². The van der Waals surface area contributed by atoms with E-state index >= 15 is 0 Å². The average Bonchev–Trinajstić information content (AvgIpc) is 3.09. The highest BCUT2D eigenvalue weighted by molar-refractivity contribution is 5.81. The number of carboxylic acid groups (broad SMARTS) is 1. The molecule has 2 aliphatic rings. The topological polar surface area (TPSA) is 92.9 Å². The van der Waals surface area contributed by atoms with Gasteiger partial charge in [0, 0.05) is 18.2 Å². The number of hydrogen-bond donors (Lipinski definition) is 1. The van der Waals surface area contributed by atoms with Crippen molar-refractivity contribution in [3.63, 3.8) is 0 Å². The highest BCUT2D eigenvalue weighted by atomic mass is 16.5. The first-order valence-electron chi connectivity index (χ1n) is 6.66. The van der Waals surface area contributed by atoms with Crippen molar-refractivity contribution in [2.75, 3.05) is 6.61 Å². The molecule has 2 saturated heterocycles. The summed E-state index contributed by atoms with van der Waals surface area (Å²) in [6, 6.07) is 1.45. The van der Waals surface area contributed by atoms with Gasteiger partial charge in [0.1, 0.15) is 5.76 Å². The van der Waals surface area contributed by atoms with Crippen molar-refractivity contribution in [3.05, 3.63) is 11.8 Å². The Morgan fingerprint density at radius 3 is 2.95 bits per heavy atom. The Balaban J connectivity index is 1.62. The molecule has 2 fully saturated rings. The smallest absolute Gasteiger partial charge is 0.308 e. The standard InChI is InChI=1S/C13H16N2O5/c1-7-4-11(14-20-7)19-6-12(16)15-8-2-3-10(15)9(5-8)13(17)18/h4,8-10H,2-3,5-6H2,1H3,(H,17,18). The van der Waals surface area contributed by atoms with Crippen LogP contribution in [0.25, 0.3) is 0 Å². The quantitative estimate of drug-likeness (QED) is 0.878. The third-order valence-electron chi connectivity index (χ3n) is 4.09. The summed E-state index contributed by atoms with van der Waals surface area (Å²) in [5, 5.41) is 12.8. The molecule has 0 spiro atoms. The van der Waals surface area contributed by atoms with Crippen molar-refractivity contribution in [2.24, 2.45) is 5.92 Å². The molecule has 7 nitrogen and oxygen atoms in total. The zero-order valence-corrected chi connectivity index (χ0v) is 11.1. The fourth-order valence-corrected chi connectivity index (χ4v) is 3.26.